The standard InChI is InChI=1S/C15H12Br2N4/c1-21-15(18)13(9-3-2-6-19-8-9)14(20-21)11-5-4-10(16)7-12(11)17/h2-8H,18H2,1H3. The highest BCUT2D eigenvalue weighted by Crippen LogP contribution is 2.39. The van der Waals surface area contributed by atoms with E-state index in [2.05, 4.69) is 41.9 Å². The minimum Gasteiger partial charge on any atom is -0.383 e. The SMILES string of the molecule is Cn1nc(-c2ccc(Br)cc2Br)c(-c2cccnc2)c1N. The summed E-state index contributed by atoms with van der Waals surface area (Å²) in [6, 6.07) is 9.86. The molecule has 106 valence electrons. The number of nitrogens with two attached hydrogens (primary N) is 1. The fourth-order valence-corrected chi connectivity index (χ4v) is 3.44. The van der Waals surface area contributed by atoms with Crippen LogP contribution in [0, 0.1) is 0 Å². The zero-order valence-corrected chi connectivity index (χ0v) is 14.4. The molecular formula is C15H12Br2N4. The van der Waals surface area contributed by atoms with Crippen LogP contribution in [0.4, 0.5) is 5.82 Å². The van der Waals surface area contributed by atoms with Gasteiger partial charge in [0.1, 0.15) is 11.5 Å². The van der Waals surface area contributed by atoms with E-state index in [1.165, 1.54) is 0 Å². The van der Waals surface area contributed by atoms with E-state index < -0.39 is 0 Å². The smallest absolute Gasteiger partial charge is 0.129 e. The molecule has 2 N–H and O–H groups in total. The van der Waals surface area contributed by atoms with Gasteiger partial charge in [-0.3, -0.25) is 9.67 Å². The number of nitrogens with zero attached hydrogens (tertiary/aromatic N) is 3. The first kappa shape index (κ1) is 14.3. The summed E-state index contributed by atoms with van der Waals surface area (Å²) in [7, 11) is 1.84. The monoisotopic (exact) mass is 406 g/mol. The van der Waals surface area contributed by atoms with Crippen molar-refractivity contribution in [3.8, 4) is 22.4 Å². The summed E-state index contributed by atoms with van der Waals surface area (Å²) in [4.78, 5) is 4.17. The topological polar surface area (TPSA) is 56.7 Å². The maximum Gasteiger partial charge on any atom is 0.129 e. The number of pyridine rings is 1. The van der Waals surface area contributed by atoms with E-state index in [0.29, 0.717) is 5.82 Å². The third-order valence-electron chi connectivity index (χ3n) is 3.23. The summed E-state index contributed by atoms with van der Waals surface area (Å²) in [5.74, 6) is 0.618. The third-order valence-corrected chi connectivity index (χ3v) is 4.38. The molecule has 2 aromatic heterocycles. The van der Waals surface area contributed by atoms with Crippen molar-refractivity contribution in [3.05, 3.63) is 51.7 Å². The third kappa shape index (κ3) is 2.61. The second kappa shape index (κ2) is 5.61. The number of halogens is 2. The van der Waals surface area contributed by atoms with E-state index >= 15 is 0 Å². The molecule has 3 rings (SSSR count). The van der Waals surface area contributed by atoms with Crippen LogP contribution in [0.2, 0.25) is 0 Å². The fourth-order valence-electron chi connectivity index (χ4n) is 2.20. The Morgan fingerprint density at radius 3 is 2.67 bits per heavy atom. The number of anilines is 1. The zero-order valence-electron chi connectivity index (χ0n) is 11.2. The molecule has 2 heterocycles. The summed E-state index contributed by atoms with van der Waals surface area (Å²) in [6.07, 6.45) is 3.54. The first-order chi connectivity index (χ1) is 10.1. The van der Waals surface area contributed by atoms with E-state index in [1.807, 2.05) is 37.4 Å². The molecule has 0 amide bonds. The van der Waals surface area contributed by atoms with Crippen molar-refractivity contribution in [2.24, 2.45) is 7.05 Å². The Morgan fingerprint density at radius 2 is 2.00 bits per heavy atom. The minimum absolute atomic E-state index is 0.618. The number of nitrogen functional groups attached to an aromatic ring is 1. The molecule has 0 aliphatic carbocycles. The predicted octanol–water partition coefficient (Wildman–Crippen LogP) is 4.26. The van der Waals surface area contributed by atoms with Crippen LogP contribution >= 0.6 is 31.9 Å². The lowest BCUT2D eigenvalue weighted by molar-refractivity contribution is 0.782. The first-order valence-corrected chi connectivity index (χ1v) is 7.85. The van der Waals surface area contributed by atoms with E-state index in [9.17, 15) is 0 Å². The molecule has 0 saturated carbocycles. The van der Waals surface area contributed by atoms with Crippen LogP contribution in [0.5, 0.6) is 0 Å². The van der Waals surface area contributed by atoms with Crippen molar-refractivity contribution >= 4 is 37.7 Å². The zero-order chi connectivity index (χ0) is 15.0. The van der Waals surface area contributed by atoms with Crippen LogP contribution < -0.4 is 5.73 Å². The van der Waals surface area contributed by atoms with Crippen molar-refractivity contribution in [3.63, 3.8) is 0 Å². The van der Waals surface area contributed by atoms with Crippen molar-refractivity contribution in [1.82, 2.24) is 14.8 Å². The molecule has 0 radical (unpaired) electrons. The van der Waals surface area contributed by atoms with Gasteiger partial charge in [0.25, 0.3) is 0 Å². The lowest BCUT2D eigenvalue weighted by Gasteiger charge is -2.06. The largest absolute Gasteiger partial charge is 0.383 e. The van der Waals surface area contributed by atoms with Crippen molar-refractivity contribution in [2.45, 2.75) is 0 Å². The summed E-state index contributed by atoms with van der Waals surface area (Å²) < 4.78 is 3.65. The van der Waals surface area contributed by atoms with Crippen molar-refractivity contribution in [1.29, 1.82) is 0 Å². The van der Waals surface area contributed by atoms with Gasteiger partial charge in [0.2, 0.25) is 0 Å². The minimum atomic E-state index is 0.618. The lowest BCUT2D eigenvalue weighted by Crippen LogP contribution is -1.98. The maximum atomic E-state index is 6.20. The molecule has 0 bridgehead atoms. The Kier molecular flexibility index (Phi) is 3.82. The summed E-state index contributed by atoms with van der Waals surface area (Å²) in [5.41, 5.74) is 9.88. The van der Waals surface area contributed by atoms with Gasteiger partial charge < -0.3 is 5.73 Å². The van der Waals surface area contributed by atoms with Gasteiger partial charge in [0.05, 0.1) is 5.56 Å². The van der Waals surface area contributed by atoms with Gasteiger partial charge in [-0.05, 0) is 18.2 Å². The molecule has 0 saturated heterocycles. The Bertz CT molecular complexity index is 797. The number of hydrogen-bond donors (Lipinski definition) is 1. The number of aryl methyl sites for hydroxylation is 1. The molecule has 0 fully saturated rings. The van der Waals surface area contributed by atoms with Gasteiger partial charge in [-0.15, -0.1) is 0 Å². The molecule has 1 aromatic carbocycles. The van der Waals surface area contributed by atoms with Gasteiger partial charge in [0.15, 0.2) is 0 Å². The van der Waals surface area contributed by atoms with Gasteiger partial charge >= 0.3 is 0 Å². The highest BCUT2D eigenvalue weighted by Gasteiger charge is 2.19. The molecule has 0 atom stereocenters. The van der Waals surface area contributed by atoms with Gasteiger partial charge in [-0.1, -0.05) is 44.0 Å². The van der Waals surface area contributed by atoms with Crippen LogP contribution in [0.15, 0.2) is 51.7 Å². The highest BCUT2D eigenvalue weighted by molar-refractivity contribution is 9.11. The summed E-state index contributed by atoms with van der Waals surface area (Å²) in [6.45, 7) is 0. The van der Waals surface area contributed by atoms with Gasteiger partial charge in [-0.2, -0.15) is 5.10 Å². The fraction of sp³-hybridized carbons (Fsp3) is 0.0667. The molecule has 21 heavy (non-hydrogen) atoms. The highest BCUT2D eigenvalue weighted by atomic mass is 79.9. The van der Waals surface area contributed by atoms with Crippen molar-refractivity contribution < 1.29 is 0 Å². The average Bonchev–Trinajstić information content (AvgIpc) is 2.75. The van der Waals surface area contributed by atoms with E-state index in [-0.39, 0.29) is 0 Å². The molecule has 6 heteroatoms. The maximum absolute atomic E-state index is 6.20. The predicted molar refractivity (Wildman–Crippen MR) is 91.7 cm³/mol. The summed E-state index contributed by atoms with van der Waals surface area (Å²) in [5, 5.41) is 4.57. The van der Waals surface area contributed by atoms with Crippen LogP contribution in [-0.4, -0.2) is 14.8 Å². The van der Waals surface area contributed by atoms with Crippen LogP contribution in [-0.2, 0) is 7.05 Å². The molecule has 0 aliphatic heterocycles. The second-order valence-electron chi connectivity index (χ2n) is 4.60. The van der Waals surface area contributed by atoms with E-state index in [0.717, 1.165) is 31.3 Å². The van der Waals surface area contributed by atoms with Gasteiger partial charge in [0, 0.05) is 39.5 Å². The Labute approximate surface area is 139 Å². The Morgan fingerprint density at radius 1 is 1.19 bits per heavy atom. The average molecular weight is 408 g/mol. The van der Waals surface area contributed by atoms with Crippen LogP contribution in [0.3, 0.4) is 0 Å². The molecule has 0 unspecified atom stereocenters. The molecular weight excluding hydrogens is 396 g/mol. The first-order valence-electron chi connectivity index (χ1n) is 6.26. The molecule has 0 aliphatic rings. The van der Waals surface area contributed by atoms with Crippen LogP contribution in [0.25, 0.3) is 22.4 Å². The molecule has 0 spiro atoms. The number of rotatable bonds is 2. The number of aromatic nitrogens is 3. The number of hydrogen-bond acceptors (Lipinski definition) is 3. The number of benzene rings is 1. The molecule has 3 aromatic rings. The quantitative estimate of drug-likeness (QED) is 0.690. The Balaban J connectivity index is 2.27. The summed E-state index contributed by atoms with van der Waals surface area (Å²) >= 11 is 7.05. The Hall–Kier alpha value is -1.66. The molecule has 4 nitrogen and oxygen atoms in total. The lowest BCUT2D eigenvalue weighted by atomic mass is 10.0. The van der Waals surface area contributed by atoms with Gasteiger partial charge in [-0.25, -0.2) is 0 Å². The normalized spacial score (nSPS) is 10.8. The van der Waals surface area contributed by atoms with E-state index in [4.69, 9.17) is 5.73 Å². The van der Waals surface area contributed by atoms with E-state index in [1.54, 1.807) is 17.1 Å². The van der Waals surface area contributed by atoms with Crippen molar-refractivity contribution in [2.75, 3.05) is 5.73 Å². The second-order valence-corrected chi connectivity index (χ2v) is 6.37. The van der Waals surface area contributed by atoms with Crippen LogP contribution in [0.1, 0.15) is 0 Å².